The van der Waals surface area contributed by atoms with E-state index in [1.165, 1.54) is 20.3 Å². The lowest BCUT2D eigenvalue weighted by Crippen LogP contribution is -2.20. The number of ketones is 1. The van der Waals surface area contributed by atoms with Crippen LogP contribution in [0.1, 0.15) is 10.4 Å². The Morgan fingerprint density at radius 1 is 1.47 bits per heavy atom. The first-order valence-electron chi connectivity index (χ1n) is 4.84. The number of rotatable bonds is 5. The summed E-state index contributed by atoms with van der Waals surface area (Å²) in [7, 11) is 4.34. The van der Waals surface area contributed by atoms with Crippen molar-refractivity contribution in [2.45, 2.75) is 0 Å². The highest BCUT2D eigenvalue weighted by atomic mass is 79.9. The maximum absolute atomic E-state index is 14.1. The Kier molecular flexibility index (Phi) is 4.89. The molecule has 1 aromatic carbocycles. The number of halogens is 2. The van der Waals surface area contributed by atoms with Crippen LogP contribution in [0.25, 0.3) is 0 Å². The normalized spacial score (nSPS) is 10.2. The average molecular weight is 306 g/mol. The lowest BCUT2D eigenvalue weighted by molar-refractivity contribution is 0.0988. The van der Waals surface area contributed by atoms with Crippen LogP contribution in [0, 0.1) is 5.82 Å². The zero-order valence-electron chi connectivity index (χ0n) is 9.77. The van der Waals surface area contributed by atoms with Gasteiger partial charge in [-0.3, -0.25) is 4.79 Å². The summed E-state index contributed by atoms with van der Waals surface area (Å²) < 4.78 is 24.3. The summed E-state index contributed by atoms with van der Waals surface area (Å²) in [6.07, 6.45) is 0. The Bertz CT molecular complexity index is 437. The van der Waals surface area contributed by atoms with E-state index in [0.29, 0.717) is 4.47 Å². The van der Waals surface area contributed by atoms with Crippen molar-refractivity contribution in [3.05, 3.63) is 21.9 Å². The van der Waals surface area contributed by atoms with Crippen LogP contribution in [0.2, 0.25) is 0 Å². The molecule has 0 aliphatic carbocycles. The van der Waals surface area contributed by atoms with E-state index in [1.807, 2.05) is 0 Å². The molecular weight excluding hydrogens is 293 g/mol. The van der Waals surface area contributed by atoms with Crippen LogP contribution in [0.5, 0.6) is 11.5 Å². The fourth-order valence-corrected chi connectivity index (χ4v) is 2.03. The van der Waals surface area contributed by atoms with Gasteiger partial charge in [-0.2, -0.15) is 0 Å². The molecule has 4 nitrogen and oxygen atoms in total. The van der Waals surface area contributed by atoms with Gasteiger partial charge in [0.15, 0.2) is 23.1 Å². The van der Waals surface area contributed by atoms with Crippen LogP contribution >= 0.6 is 15.9 Å². The molecule has 17 heavy (non-hydrogen) atoms. The predicted octanol–water partition coefficient (Wildman–Crippen LogP) is 2.01. The highest BCUT2D eigenvalue weighted by Crippen LogP contribution is 2.37. The summed E-state index contributed by atoms with van der Waals surface area (Å²) in [5.74, 6) is -0.926. The molecule has 0 saturated heterocycles. The Balaban J connectivity index is 3.36. The lowest BCUT2D eigenvalue weighted by Gasteiger charge is -2.13. The van der Waals surface area contributed by atoms with E-state index in [4.69, 9.17) is 9.47 Å². The number of hydrogen-bond acceptors (Lipinski definition) is 4. The number of Topliss-reactive ketones (excluding diaryl/α,β-unsaturated/α-hetero) is 1. The van der Waals surface area contributed by atoms with Gasteiger partial charge in [0.25, 0.3) is 0 Å². The summed E-state index contributed by atoms with van der Waals surface area (Å²) in [4.78, 5) is 11.7. The molecule has 0 spiro atoms. The Hall–Kier alpha value is -1.14. The second-order valence-electron chi connectivity index (χ2n) is 3.24. The van der Waals surface area contributed by atoms with Gasteiger partial charge in [-0.15, -0.1) is 0 Å². The number of nitrogens with one attached hydrogen (secondary N) is 1. The minimum atomic E-state index is -0.723. The molecule has 0 saturated carbocycles. The van der Waals surface area contributed by atoms with Crippen molar-refractivity contribution in [3.63, 3.8) is 0 Å². The van der Waals surface area contributed by atoms with Crippen molar-refractivity contribution < 1.29 is 18.7 Å². The van der Waals surface area contributed by atoms with Gasteiger partial charge in [-0.25, -0.2) is 4.39 Å². The van der Waals surface area contributed by atoms with E-state index in [2.05, 4.69) is 21.2 Å². The van der Waals surface area contributed by atoms with Crippen molar-refractivity contribution in [2.75, 3.05) is 27.8 Å². The van der Waals surface area contributed by atoms with Gasteiger partial charge in [0.2, 0.25) is 0 Å². The Labute approximate surface area is 107 Å². The average Bonchev–Trinajstić information content (AvgIpc) is 2.28. The van der Waals surface area contributed by atoms with Crippen molar-refractivity contribution in [3.8, 4) is 11.5 Å². The van der Waals surface area contributed by atoms with Gasteiger partial charge < -0.3 is 14.8 Å². The molecule has 0 radical (unpaired) electrons. The molecule has 0 unspecified atom stereocenters. The zero-order chi connectivity index (χ0) is 13.0. The molecule has 0 aliphatic heterocycles. The van der Waals surface area contributed by atoms with Gasteiger partial charge in [-0.05, 0) is 29.0 Å². The summed E-state index contributed by atoms with van der Waals surface area (Å²) in [5.41, 5.74) is -0.0444. The first-order valence-corrected chi connectivity index (χ1v) is 5.63. The third-order valence-electron chi connectivity index (χ3n) is 2.18. The van der Waals surface area contributed by atoms with Crippen LogP contribution in [-0.4, -0.2) is 33.6 Å². The first kappa shape index (κ1) is 13.9. The highest BCUT2D eigenvalue weighted by molar-refractivity contribution is 9.10. The summed E-state index contributed by atoms with van der Waals surface area (Å²) in [5, 5.41) is 2.68. The molecule has 0 aromatic heterocycles. The van der Waals surface area contributed by atoms with Crippen LogP contribution < -0.4 is 14.8 Å². The molecule has 1 N–H and O–H groups in total. The van der Waals surface area contributed by atoms with Crippen LogP contribution in [0.3, 0.4) is 0 Å². The molecule has 0 bridgehead atoms. The highest BCUT2D eigenvalue weighted by Gasteiger charge is 2.23. The third kappa shape index (κ3) is 2.76. The van der Waals surface area contributed by atoms with Crippen molar-refractivity contribution in [1.29, 1.82) is 0 Å². The molecule has 0 amide bonds. The monoisotopic (exact) mass is 305 g/mol. The van der Waals surface area contributed by atoms with Crippen molar-refractivity contribution in [2.24, 2.45) is 0 Å². The molecule has 94 valence electrons. The first-order chi connectivity index (χ1) is 8.06. The van der Waals surface area contributed by atoms with E-state index in [1.54, 1.807) is 7.05 Å². The molecule has 1 rings (SSSR count). The van der Waals surface area contributed by atoms with Gasteiger partial charge in [0, 0.05) is 4.47 Å². The number of methoxy groups -OCH3 is 2. The van der Waals surface area contributed by atoms with Crippen LogP contribution in [-0.2, 0) is 0 Å². The number of carbonyl (C=O) groups is 1. The number of likely N-dealkylation sites (N-methyl/N-ethyl adjacent to an activating group) is 1. The summed E-state index contributed by atoms with van der Waals surface area (Å²) in [6.45, 7) is 0.0466. The largest absolute Gasteiger partial charge is 0.493 e. The fraction of sp³-hybridized carbons (Fsp3) is 0.364. The van der Waals surface area contributed by atoms with E-state index in [0.717, 1.165) is 0 Å². The number of carbonyl (C=O) groups excluding carboxylic acids is 1. The topological polar surface area (TPSA) is 47.6 Å². The standard InChI is InChI=1S/C11H13BrFNO3/c1-14-5-7(15)9-6(12)4-8(16-2)11(17-3)10(9)13/h4,14H,5H2,1-3H3. The Morgan fingerprint density at radius 3 is 2.59 bits per heavy atom. The third-order valence-corrected chi connectivity index (χ3v) is 2.80. The van der Waals surface area contributed by atoms with Crippen LogP contribution in [0.4, 0.5) is 4.39 Å². The molecule has 1 aromatic rings. The molecule has 6 heteroatoms. The minimum absolute atomic E-state index is 0.0444. The predicted molar refractivity (Wildman–Crippen MR) is 65.5 cm³/mol. The van der Waals surface area contributed by atoms with E-state index in [-0.39, 0.29) is 29.4 Å². The maximum atomic E-state index is 14.1. The quantitative estimate of drug-likeness (QED) is 0.845. The zero-order valence-corrected chi connectivity index (χ0v) is 11.4. The molecule has 0 heterocycles. The molecule has 0 atom stereocenters. The van der Waals surface area contributed by atoms with E-state index in [9.17, 15) is 9.18 Å². The van der Waals surface area contributed by atoms with Gasteiger partial charge >= 0.3 is 0 Å². The second kappa shape index (κ2) is 5.97. The number of ether oxygens (including phenoxy) is 2. The number of benzene rings is 1. The fourth-order valence-electron chi connectivity index (χ4n) is 1.43. The smallest absolute Gasteiger partial charge is 0.197 e. The maximum Gasteiger partial charge on any atom is 0.197 e. The van der Waals surface area contributed by atoms with Crippen LogP contribution in [0.15, 0.2) is 10.5 Å². The van der Waals surface area contributed by atoms with Crippen molar-refractivity contribution in [1.82, 2.24) is 5.32 Å². The summed E-state index contributed by atoms with van der Waals surface area (Å²) >= 11 is 3.15. The second-order valence-corrected chi connectivity index (χ2v) is 4.09. The minimum Gasteiger partial charge on any atom is -0.493 e. The van der Waals surface area contributed by atoms with E-state index < -0.39 is 5.82 Å². The molecule has 0 aliphatic rings. The molecule has 0 fully saturated rings. The van der Waals surface area contributed by atoms with E-state index >= 15 is 0 Å². The SMILES string of the molecule is CNCC(=O)c1c(Br)cc(OC)c(OC)c1F. The summed E-state index contributed by atoms with van der Waals surface area (Å²) in [6, 6.07) is 1.50. The van der Waals surface area contributed by atoms with Gasteiger partial charge in [0.1, 0.15) is 0 Å². The Morgan fingerprint density at radius 2 is 2.12 bits per heavy atom. The lowest BCUT2D eigenvalue weighted by atomic mass is 10.1. The van der Waals surface area contributed by atoms with Crippen molar-refractivity contribution >= 4 is 21.7 Å². The number of hydrogen-bond donors (Lipinski definition) is 1. The van der Waals surface area contributed by atoms with Gasteiger partial charge in [0.05, 0.1) is 26.3 Å². The van der Waals surface area contributed by atoms with Gasteiger partial charge in [-0.1, -0.05) is 0 Å². The molecular formula is C11H13BrFNO3.